The zero-order valence-corrected chi connectivity index (χ0v) is 16.0. The second kappa shape index (κ2) is 8.37. The highest BCUT2D eigenvalue weighted by Gasteiger charge is 2.13. The number of hydrogen-bond acceptors (Lipinski definition) is 2. The highest BCUT2D eigenvalue weighted by molar-refractivity contribution is 6.31. The second-order valence-electron chi connectivity index (χ2n) is 6.58. The van der Waals surface area contributed by atoms with Crippen LogP contribution >= 0.6 is 11.6 Å². The first-order valence-electron chi connectivity index (χ1n) is 9.09. The van der Waals surface area contributed by atoms with Crippen molar-refractivity contribution >= 4 is 28.4 Å². The molecular formula is C21H24ClN3O. The maximum Gasteiger partial charge on any atom is 0.220 e. The molecule has 5 heteroatoms. The van der Waals surface area contributed by atoms with E-state index in [2.05, 4.69) is 12.2 Å². The van der Waals surface area contributed by atoms with Gasteiger partial charge in [-0.15, -0.1) is 0 Å². The summed E-state index contributed by atoms with van der Waals surface area (Å²) in [4.78, 5) is 12.0. The molecule has 1 atom stereocenters. The highest BCUT2D eigenvalue weighted by atomic mass is 35.5. The zero-order valence-electron chi connectivity index (χ0n) is 15.2. The molecule has 0 aliphatic heterocycles. The van der Waals surface area contributed by atoms with Gasteiger partial charge in [0.15, 0.2) is 0 Å². The van der Waals surface area contributed by atoms with Crippen LogP contribution < -0.4 is 5.32 Å². The summed E-state index contributed by atoms with van der Waals surface area (Å²) in [6, 6.07) is 16.2. The van der Waals surface area contributed by atoms with Crippen LogP contribution in [0.15, 0.2) is 48.5 Å². The number of aryl methyl sites for hydroxylation is 1. The predicted molar refractivity (Wildman–Crippen MR) is 107 cm³/mol. The largest absolute Gasteiger partial charge is 0.354 e. The third kappa shape index (κ3) is 4.25. The number of aromatic nitrogens is 2. The van der Waals surface area contributed by atoms with Crippen LogP contribution in [0, 0.1) is 0 Å². The Morgan fingerprint density at radius 3 is 2.73 bits per heavy atom. The van der Waals surface area contributed by atoms with Crippen molar-refractivity contribution in [2.45, 2.75) is 45.7 Å². The fourth-order valence-corrected chi connectivity index (χ4v) is 3.14. The number of benzene rings is 2. The molecule has 0 aliphatic carbocycles. The van der Waals surface area contributed by atoms with Gasteiger partial charge in [-0.05, 0) is 38.0 Å². The van der Waals surface area contributed by atoms with Crippen LogP contribution in [0.5, 0.6) is 0 Å². The molecule has 3 rings (SSSR count). The number of rotatable bonds is 7. The van der Waals surface area contributed by atoms with Crippen LogP contribution in [0.2, 0.25) is 5.02 Å². The molecule has 1 N–H and O–H groups in total. The Kier molecular flexibility index (Phi) is 5.94. The molecule has 1 heterocycles. The van der Waals surface area contributed by atoms with Gasteiger partial charge in [0.1, 0.15) is 5.69 Å². The van der Waals surface area contributed by atoms with Crippen molar-refractivity contribution in [1.82, 2.24) is 15.1 Å². The Labute approximate surface area is 159 Å². The van der Waals surface area contributed by atoms with E-state index in [1.54, 1.807) is 0 Å². The minimum absolute atomic E-state index is 0.0992. The van der Waals surface area contributed by atoms with Crippen LogP contribution in [-0.2, 0) is 11.3 Å². The van der Waals surface area contributed by atoms with Crippen LogP contribution in [-0.4, -0.2) is 21.7 Å². The number of halogens is 1. The van der Waals surface area contributed by atoms with Crippen LogP contribution in [0.25, 0.3) is 22.2 Å². The Bertz CT molecular complexity index is 889. The lowest BCUT2D eigenvalue weighted by Crippen LogP contribution is -2.31. The Morgan fingerprint density at radius 2 is 2.00 bits per heavy atom. The normalized spacial score (nSPS) is 12.3. The number of nitrogens with one attached hydrogen (secondary N) is 1. The topological polar surface area (TPSA) is 46.9 Å². The molecule has 1 amide bonds. The summed E-state index contributed by atoms with van der Waals surface area (Å²) >= 11 is 6.21. The van der Waals surface area contributed by atoms with Crippen LogP contribution in [0.4, 0.5) is 0 Å². The van der Waals surface area contributed by atoms with E-state index in [4.69, 9.17) is 16.7 Å². The average Bonchev–Trinajstić information content (AvgIpc) is 3.00. The fraction of sp³-hybridized carbons (Fsp3) is 0.333. The number of fused-ring (bicyclic) bond motifs is 1. The molecule has 0 spiro atoms. The molecule has 0 aliphatic rings. The monoisotopic (exact) mass is 369 g/mol. The van der Waals surface area contributed by atoms with Crippen molar-refractivity contribution in [2.24, 2.45) is 0 Å². The van der Waals surface area contributed by atoms with Crippen molar-refractivity contribution in [2.75, 3.05) is 0 Å². The molecular weight excluding hydrogens is 346 g/mol. The van der Waals surface area contributed by atoms with Gasteiger partial charge >= 0.3 is 0 Å². The van der Waals surface area contributed by atoms with Crippen LogP contribution in [0.3, 0.4) is 0 Å². The summed E-state index contributed by atoms with van der Waals surface area (Å²) in [5.74, 6) is 0.0992. The SMILES string of the molecule is CC[C@@H](C)NC(=O)CCCn1nc(-c2ccccc2)c2cc(Cl)ccc21. The smallest absolute Gasteiger partial charge is 0.220 e. The van der Waals surface area contributed by atoms with Gasteiger partial charge in [0.25, 0.3) is 0 Å². The van der Waals surface area contributed by atoms with Gasteiger partial charge in [-0.25, -0.2) is 0 Å². The lowest BCUT2D eigenvalue weighted by Gasteiger charge is -2.11. The lowest BCUT2D eigenvalue weighted by atomic mass is 10.1. The summed E-state index contributed by atoms with van der Waals surface area (Å²) in [6.45, 7) is 4.78. The Balaban J connectivity index is 1.80. The van der Waals surface area contributed by atoms with E-state index in [9.17, 15) is 4.79 Å². The molecule has 0 radical (unpaired) electrons. The van der Waals surface area contributed by atoms with E-state index in [-0.39, 0.29) is 11.9 Å². The van der Waals surface area contributed by atoms with E-state index in [0.29, 0.717) is 18.0 Å². The lowest BCUT2D eigenvalue weighted by molar-refractivity contribution is -0.121. The van der Waals surface area contributed by atoms with Crippen molar-refractivity contribution in [1.29, 1.82) is 0 Å². The highest BCUT2D eigenvalue weighted by Crippen LogP contribution is 2.30. The van der Waals surface area contributed by atoms with Gasteiger partial charge in [0.05, 0.1) is 5.52 Å². The maximum atomic E-state index is 12.0. The summed E-state index contributed by atoms with van der Waals surface area (Å²) in [5.41, 5.74) is 3.02. The quantitative estimate of drug-likeness (QED) is 0.633. The Morgan fingerprint density at radius 1 is 1.23 bits per heavy atom. The second-order valence-corrected chi connectivity index (χ2v) is 7.02. The molecule has 0 unspecified atom stereocenters. The minimum Gasteiger partial charge on any atom is -0.354 e. The number of nitrogens with zero attached hydrogens (tertiary/aromatic N) is 2. The third-order valence-corrected chi connectivity index (χ3v) is 4.79. The molecule has 136 valence electrons. The summed E-state index contributed by atoms with van der Waals surface area (Å²) in [5, 5.41) is 9.54. The van der Waals surface area contributed by atoms with Crippen molar-refractivity contribution < 1.29 is 4.79 Å². The van der Waals surface area contributed by atoms with Crippen molar-refractivity contribution in [3.63, 3.8) is 0 Å². The van der Waals surface area contributed by atoms with Gasteiger partial charge in [0, 0.05) is 35.0 Å². The number of amides is 1. The van der Waals surface area contributed by atoms with E-state index >= 15 is 0 Å². The van der Waals surface area contributed by atoms with Crippen LogP contribution in [0.1, 0.15) is 33.1 Å². The zero-order chi connectivity index (χ0) is 18.5. The number of carbonyl (C=O) groups is 1. The van der Waals surface area contributed by atoms with Crippen molar-refractivity contribution in [3.05, 3.63) is 53.6 Å². The van der Waals surface area contributed by atoms with Gasteiger partial charge < -0.3 is 5.32 Å². The van der Waals surface area contributed by atoms with E-state index < -0.39 is 0 Å². The fourth-order valence-electron chi connectivity index (χ4n) is 2.97. The first-order valence-corrected chi connectivity index (χ1v) is 9.47. The molecule has 3 aromatic rings. The molecule has 0 bridgehead atoms. The van der Waals surface area contributed by atoms with E-state index in [1.807, 2.05) is 60.1 Å². The molecule has 0 saturated carbocycles. The summed E-state index contributed by atoms with van der Waals surface area (Å²) in [7, 11) is 0. The van der Waals surface area contributed by atoms with Gasteiger partial charge in [-0.1, -0.05) is 48.9 Å². The molecule has 0 saturated heterocycles. The number of hydrogen-bond donors (Lipinski definition) is 1. The maximum absolute atomic E-state index is 12.0. The van der Waals surface area contributed by atoms with Crippen molar-refractivity contribution in [3.8, 4) is 11.3 Å². The predicted octanol–water partition coefficient (Wildman–Crippen LogP) is 5.05. The van der Waals surface area contributed by atoms with Gasteiger partial charge in [-0.2, -0.15) is 5.10 Å². The van der Waals surface area contributed by atoms with Gasteiger partial charge in [-0.3, -0.25) is 9.48 Å². The van der Waals surface area contributed by atoms with E-state index in [0.717, 1.165) is 35.0 Å². The molecule has 1 aromatic heterocycles. The first kappa shape index (κ1) is 18.5. The standard InChI is InChI=1S/C21H24ClN3O/c1-3-15(2)23-20(26)10-7-13-25-19-12-11-17(22)14-18(19)21(24-25)16-8-5-4-6-9-16/h4-6,8-9,11-12,14-15H,3,7,10,13H2,1-2H3,(H,23,26)/t15-/m1/s1. The molecule has 4 nitrogen and oxygen atoms in total. The van der Waals surface area contributed by atoms with E-state index in [1.165, 1.54) is 0 Å². The minimum atomic E-state index is 0.0992. The first-order chi connectivity index (χ1) is 12.6. The third-order valence-electron chi connectivity index (χ3n) is 4.55. The average molecular weight is 370 g/mol. The van der Waals surface area contributed by atoms with Gasteiger partial charge in [0.2, 0.25) is 5.91 Å². The molecule has 0 fully saturated rings. The molecule has 26 heavy (non-hydrogen) atoms. The summed E-state index contributed by atoms with van der Waals surface area (Å²) < 4.78 is 1.98. The molecule has 2 aromatic carbocycles. The number of carbonyl (C=O) groups excluding carboxylic acids is 1. The summed E-state index contributed by atoms with van der Waals surface area (Å²) in [6.07, 6.45) is 2.19. The Hall–Kier alpha value is -2.33.